The molecule has 1 aromatic heterocycles. The van der Waals surface area contributed by atoms with E-state index in [1.165, 1.54) is 11.3 Å². The minimum Gasteiger partial charge on any atom is -0.192 e. The van der Waals surface area contributed by atoms with E-state index < -0.39 is 0 Å². The van der Waals surface area contributed by atoms with Crippen molar-refractivity contribution in [2.45, 2.75) is 0 Å². The molecule has 1 heterocycles. The van der Waals surface area contributed by atoms with Crippen LogP contribution < -0.4 is 0 Å². The summed E-state index contributed by atoms with van der Waals surface area (Å²) in [6, 6.07) is 9.83. The highest BCUT2D eigenvalue weighted by Gasteiger charge is 2.12. The van der Waals surface area contributed by atoms with Gasteiger partial charge in [0, 0.05) is 10.1 Å². The van der Waals surface area contributed by atoms with Crippen LogP contribution in [0.25, 0.3) is 10.1 Å². The molecular weight excluding hydrogens is 307 g/mol. The highest BCUT2D eigenvalue weighted by molar-refractivity contribution is 14.1. The van der Waals surface area contributed by atoms with E-state index in [0.29, 0.717) is 10.4 Å². The summed E-state index contributed by atoms with van der Waals surface area (Å²) in [6.07, 6.45) is 0. The van der Waals surface area contributed by atoms with E-state index in [2.05, 4.69) is 34.7 Å². The smallest absolute Gasteiger partial charge is 0.119 e. The summed E-state index contributed by atoms with van der Waals surface area (Å²) in [5.41, 5.74) is 0.643. The van der Waals surface area contributed by atoms with E-state index in [4.69, 9.17) is 10.5 Å². The molecule has 0 aliphatic heterocycles. The fourth-order valence-electron chi connectivity index (χ4n) is 1.28. The van der Waals surface area contributed by atoms with Crippen LogP contribution in [0, 0.1) is 26.2 Å². The van der Waals surface area contributed by atoms with Crippen molar-refractivity contribution in [2.75, 3.05) is 0 Å². The third-order valence-electron chi connectivity index (χ3n) is 1.88. The number of halogens is 1. The van der Waals surface area contributed by atoms with E-state index in [1.807, 2.05) is 12.1 Å². The Morgan fingerprint density at radius 1 is 1.21 bits per heavy atom. The summed E-state index contributed by atoms with van der Waals surface area (Å²) in [5, 5.41) is 18.7. The Bertz CT molecular complexity index is 586. The van der Waals surface area contributed by atoms with Gasteiger partial charge in [-0.25, -0.2) is 0 Å². The van der Waals surface area contributed by atoms with Crippen LogP contribution in [0.1, 0.15) is 10.4 Å². The summed E-state index contributed by atoms with van der Waals surface area (Å²) in [5.74, 6) is 0. The van der Waals surface area contributed by atoms with Crippen LogP contribution in [0.2, 0.25) is 0 Å². The number of nitriles is 2. The van der Waals surface area contributed by atoms with Crippen molar-refractivity contribution < 1.29 is 0 Å². The second kappa shape index (κ2) is 3.56. The highest BCUT2D eigenvalue weighted by Crippen LogP contribution is 2.33. The lowest BCUT2D eigenvalue weighted by atomic mass is 10.1. The third-order valence-corrected chi connectivity index (χ3v) is 4.38. The highest BCUT2D eigenvalue weighted by atomic mass is 127. The molecule has 2 rings (SSSR count). The van der Waals surface area contributed by atoms with Crippen molar-refractivity contribution in [3.8, 4) is 12.1 Å². The molecule has 4 heteroatoms. The number of hydrogen-bond acceptors (Lipinski definition) is 3. The summed E-state index contributed by atoms with van der Waals surface area (Å²) < 4.78 is 1.90. The first-order valence-electron chi connectivity index (χ1n) is 3.79. The average Bonchev–Trinajstić information content (AvgIpc) is 2.55. The zero-order chi connectivity index (χ0) is 10.1. The number of nitrogens with zero attached hydrogens (tertiary/aromatic N) is 2. The van der Waals surface area contributed by atoms with Gasteiger partial charge in [0.15, 0.2) is 0 Å². The molecule has 2 nitrogen and oxygen atoms in total. The van der Waals surface area contributed by atoms with E-state index in [-0.39, 0.29) is 0 Å². The molecule has 0 atom stereocenters. The van der Waals surface area contributed by atoms with E-state index in [1.54, 1.807) is 6.07 Å². The van der Waals surface area contributed by atoms with Gasteiger partial charge in [-0.1, -0.05) is 6.07 Å². The molecule has 14 heavy (non-hydrogen) atoms. The predicted molar refractivity (Wildman–Crippen MR) is 64.0 cm³/mol. The van der Waals surface area contributed by atoms with Crippen LogP contribution in [-0.2, 0) is 0 Å². The van der Waals surface area contributed by atoms with Gasteiger partial charge in [-0.3, -0.25) is 0 Å². The molecule has 66 valence electrons. The molecule has 1 aromatic carbocycles. The SMILES string of the molecule is N#Cc1sc2cccc(C#N)c2c1I. The van der Waals surface area contributed by atoms with Gasteiger partial charge >= 0.3 is 0 Å². The standard InChI is InChI=1S/C10H3IN2S/c11-10-8(5-13)14-7-3-1-2-6(4-12)9(7)10/h1-3H. The van der Waals surface area contributed by atoms with Gasteiger partial charge < -0.3 is 0 Å². The second-order valence-electron chi connectivity index (χ2n) is 2.65. The lowest BCUT2D eigenvalue weighted by Gasteiger charge is -1.92. The second-order valence-corrected chi connectivity index (χ2v) is 4.78. The van der Waals surface area contributed by atoms with Gasteiger partial charge in [0.2, 0.25) is 0 Å². The Morgan fingerprint density at radius 2 is 2.00 bits per heavy atom. The summed E-state index contributed by atoms with van der Waals surface area (Å²) in [7, 11) is 0. The maximum Gasteiger partial charge on any atom is 0.119 e. The molecule has 0 aliphatic carbocycles. The number of thiophene rings is 1. The fourth-order valence-corrected chi connectivity index (χ4v) is 3.41. The topological polar surface area (TPSA) is 47.6 Å². The summed E-state index contributed by atoms with van der Waals surface area (Å²) in [6.45, 7) is 0. The number of hydrogen-bond donors (Lipinski definition) is 0. The first kappa shape index (κ1) is 9.45. The lowest BCUT2D eigenvalue weighted by Crippen LogP contribution is -1.77. The van der Waals surface area contributed by atoms with Crippen molar-refractivity contribution in [2.24, 2.45) is 0 Å². The van der Waals surface area contributed by atoms with Crippen molar-refractivity contribution in [1.82, 2.24) is 0 Å². The summed E-state index contributed by atoms with van der Waals surface area (Å²) >= 11 is 3.55. The predicted octanol–water partition coefficient (Wildman–Crippen LogP) is 3.25. The van der Waals surface area contributed by atoms with Gasteiger partial charge in [-0.05, 0) is 34.7 Å². The molecule has 0 spiro atoms. The molecule has 2 aromatic rings. The third kappa shape index (κ3) is 1.28. The molecule has 0 bridgehead atoms. The van der Waals surface area contributed by atoms with Crippen LogP contribution in [0.3, 0.4) is 0 Å². The van der Waals surface area contributed by atoms with Gasteiger partial charge in [-0.15, -0.1) is 11.3 Å². The number of rotatable bonds is 0. The first-order valence-corrected chi connectivity index (χ1v) is 5.68. The zero-order valence-electron chi connectivity index (χ0n) is 6.91. The Hall–Kier alpha value is -1.11. The van der Waals surface area contributed by atoms with Crippen molar-refractivity contribution >= 4 is 44.0 Å². The Balaban J connectivity index is 2.96. The van der Waals surface area contributed by atoms with Crippen LogP contribution >= 0.6 is 33.9 Å². The largest absolute Gasteiger partial charge is 0.192 e. The zero-order valence-corrected chi connectivity index (χ0v) is 9.89. The van der Waals surface area contributed by atoms with Gasteiger partial charge in [0.05, 0.1) is 15.2 Å². The molecular formula is C10H3IN2S. The van der Waals surface area contributed by atoms with Crippen molar-refractivity contribution in [1.29, 1.82) is 10.5 Å². The maximum absolute atomic E-state index is 8.91. The van der Waals surface area contributed by atoms with Crippen LogP contribution in [0.4, 0.5) is 0 Å². The Labute approximate surface area is 98.5 Å². The van der Waals surface area contributed by atoms with Gasteiger partial charge in [0.1, 0.15) is 10.9 Å². The molecule has 0 aliphatic rings. The van der Waals surface area contributed by atoms with Gasteiger partial charge in [-0.2, -0.15) is 10.5 Å². The maximum atomic E-state index is 8.91. The lowest BCUT2D eigenvalue weighted by molar-refractivity contribution is 1.50. The van der Waals surface area contributed by atoms with Gasteiger partial charge in [0.25, 0.3) is 0 Å². The van der Waals surface area contributed by atoms with Crippen molar-refractivity contribution in [3.05, 3.63) is 32.2 Å². The molecule has 0 fully saturated rings. The minimum absolute atomic E-state index is 0.643. The van der Waals surface area contributed by atoms with Crippen LogP contribution in [0.15, 0.2) is 18.2 Å². The molecule has 0 N–H and O–H groups in total. The fraction of sp³-hybridized carbons (Fsp3) is 0. The molecule has 0 unspecified atom stereocenters. The molecule has 0 amide bonds. The number of benzene rings is 1. The van der Waals surface area contributed by atoms with Crippen molar-refractivity contribution in [3.63, 3.8) is 0 Å². The summed E-state index contributed by atoms with van der Waals surface area (Å²) in [4.78, 5) is 0.684. The molecule has 0 saturated carbocycles. The van der Waals surface area contributed by atoms with Crippen LogP contribution in [0.5, 0.6) is 0 Å². The molecule has 0 saturated heterocycles. The van der Waals surface area contributed by atoms with Crippen LogP contribution in [-0.4, -0.2) is 0 Å². The Kier molecular flexibility index (Phi) is 2.40. The quantitative estimate of drug-likeness (QED) is 0.701. The normalized spacial score (nSPS) is 9.64. The van der Waals surface area contributed by atoms with E-state index in [9.17, 15) is 0 Å². The minimum atomic E-state index is 0.643. The number of fused-ring (bicyclic) bond motifs is 1. The molecule has 0 radical (unpaired) electrons. The first-order chi connectivity index (χ1) is 6.77. The monoisotopic (exact) mass is 310 g/mol. The van der Waals surface area contributed by atoms with E-state index in [0.717, 1.165) is 13.7 Å². The average molecular weight is 310 g/mol. The van der Waals surface area contributed by atoms with E-state index >= 15 is 0 Å². The Morgan fingerprint density at radius 3 is 2.64 bits per heavy atom.